The molecule has 2 rings (SSSR count). The fourth-order valence-corrected chi connectivity index (χ4v) is 3.65. The minimum atomic E-state index is -0.452. The molecule has 0 amide bonds. The van der Waals surface area contributed by atoms with Gasteiger partial charge in [-0.15, -0.1) is 0 Å². The van der Waals surface area contributed by atoms with Gasteiger partial charge >= 0.3 is 0 Å². The average Bonchev–Trinajstić information content (AvgIpc) is 2.77. The zero-order valence-electron chi connectivity index (χ0n) is 17.8. The van der Waals surface area contributed by atoms with Crippen LogP contribution in [0.2, 0.25) is 0 Å². The Morgan fingerprint density at radius 2 is 1.73 bits per heavy atom. The molecule has 0 saturated heterocycles. The highest BCUT2D eigenvalue weighted by atomic mass is 19.1. The lowest BCUT2D eigenvalue weighted by Gasteiger charge is -2.32. The van der Waals surface area contributed by atoms with Crippen molar-refractivity contribution in [1.29, 1.82) is 0 Å². The minimum absolute atomic E-state index is 0.0220. The first-order valence-corrected chi connectivity index (χ1v) is 10.9. The van der Waals surface area contributed by atoms with E-state index in [-0.39, 0.29) is 24.8 Å². The zero-order chi connectivity index (χ0) is 21.7. The van der Waals surface area contributed by atoms with Gasteiger partial charge in [0, 0.05) is 25.2 Å². The molecule has 1 atom stereocenters. The van der Waals surface area contributed by atoms with E-state index in [1.807, 2.05) is 18.2 Å². The fourth-order valence-electron chi connectivity index (χ4n) is 3.65. The normalized spacial score (nSPS) is 18.9. The van der Waals surface area contributed by atoms with Crippen molar-refractivity contribution in [3.05, 3.63) is 59.1 Å². The van der Waals surface area contributed by atoms with Crippen molar-refractivity contribution < 1.29 is 24.4 Å². The Bertz CT molecular complexity index is 674. The third-order valence-corrected chi connectivity index (χ3v) is 5.56. The molecule has 0 spiro atoms. The highest BCUT2D eigenvalue weighted by Gasteiger charge is 2.31. The predicted octanol–water partition coefficient (Wildman–Crippen LogP) is 3.67. The number of hydrogen-bond donors (Lipinski definition) is 4. The molecule has 5 nitrogen and oxygen atoms in total. The van der Waals surface area contributed by atoms with Crippen LogP contribution in [-0.4, -0.2) is 54.8 Å². The summed E-state index contributed by atoms with van der Waals surface area (Å²) in [6.45, 7) is 2.79. The number of unbranched alkanes of at least 4 members (excludes halogenated alkanes) is 3. The van der Waals surface area contributed by atoms with E-state index in [4.69, 9.17) is 4.74 Å². The number of benzene rings is 1. The maximum atomic E-state index is 12.8. The summed E-state index contributed by atoms with van der Waals surface area (Å²) in [5.41, 5.74) is 1.26. The van der Waals surface area contributed by atoms with E-state index in [9.17, 15) is 19.7 Å². The van der Waals surface area contributed by atoms with Crippen LogP contribution in [0.25, 0.3) is 0 Å². The highest BCUT2D eigenvalue weighted by Crippen LogP contribution is 2.32. The second-order valence-corrected chi connectivity index (χ2v) is 8.11. The van der Waals surface area contributed by atoms with E-state index in [0.717, 1.165) is 63.8 Å². The second-order valence-electron chi connectivity index (χ2n) is 8.11. The van der Waals surface area contributed by atoms with Gasteiger partial charge in [0.2, 0.25) is 0 Å². The van der Waals surface area contributed by atoms with E-state index in [2.05, 4.69) is 5.32 Å². The summed E-state index contributed by atoms with van der Waals surface area (Å²) in [5, 5.41) is 32.2. The number of rotatable bonds is 15. The molecule has 0 radical (unpaired) electrons. The monoisotopic (exact) mass is 421 g/mol. The first-order chi connectivity index (χ1) is 14.6. The van der Waals surface area contributed by atoms with Crippen LogP contribution >= 0.6 is 0 Å². The van der Waals surface area contributed by atoms with Gasteiger partial charge < -0.3 is 25.4 Å². The first-order valence-electron chi connectivity index (χ1n) is 10.9. The average molecular weight is 422 g/mol. The summed E-state index contributed by atoms with van der Waals surface area (Å²) in [7, 11) is 0. The van der Waals surface area contributed by atoms with E-state index in [0.29, 0.717) is 18.5 Å². The molecule has 1 aromatic carbocycles. The molecule has 0 heterocycles. The van der Waals surface area contributed by atoms with E-state index < -0.39 is 5.41 Å². The highest BCUT2D eigenvalue weighted by molar-refractivity contribution is 5.29. The van der Waals surface area contributed by atoms with Crippen LogP contribution in [0.5, 0.6) is 0 Å². The maximum Gasteiger partial charge on any atom is 0.123 e. The number of nitrogens with one attached hydrogen (secondary N) is 1. The summed E-state index contributed by atoms with van der Waals surface area (Å²) < 4.78 is 18.5. The van der Waals surface area contributed by atoms with Gasteiger partial charge in [-0.1, -0.05) is 31.1 Å². The van der Waals surface area contributed by atoms with E-state index in [1.54, 1.807) is 6.08 Å². The molecule has 1 aliphatic carbocycles. The molecule has 0 saturated carbocycles. The molecule has 168 valence electrons. The topological polar surface area (TPSA) is 82.0 Å². The summed E-state index contributed by atoms with van der Waals surface area (Å²) in [6.07, 6.45) is 10.1. The van der Waals surface area contributed by atoms with Gasteiger partial charge in [0.1, 0.15) is 11.6 Å². The predicted molar refractivity (Wildman–Crippen MR) is 117 cm³/mol. The van der Waals surface area contributed by atoms with Crippen molar-refractivity contribution in [2.75, 3.05) is 39.5 Å². The van der Waals surface area contributed by atoms with Crippen molar-refractivity contribution in [2.45, 2.75) is 44.9 Å². The lowest BCUT2D eigenvalue weighted by molar-refractivity contribution is 0.127. The Hall–Kier alpha value is -1.73. The Kier molecular flexibility index (Phi) is 11.1. The number of ether oxygens (including phenoxy) is 1. The molecule has 6 heteroatoms. The van der Waals surface area contributed by atoms with Crippen LogP contribution < -0.4 is 5.32 Å². The Morgan fingerprint density at radius 1 is 1.00 bits per heavy atom. The first kappa shape index (κ1) is 24.5. The number of hydrogen-bond acceptors (Lipinski definition) is 5. The lowest BCUT2D eigenvalue weighted by atomic mass is 9.78. The summed E-state index contributed by atoms with van der Waals surface area (Å²) in [5.74, 6) is -0.0866. The summed E-state index contributed by atoms with van der Waals surface area (Å²) >= 11 is 0. The van der Waals surface area contributed by atoms with Gasteiger partial charge in [0.15, 0.2) is 0 Å². The van der Waals surface area contributed by atoms with Crippen LogP contribution in [0.1, 0.15) is 44.1 Å². The van der Waals surface area contributed by atoms with Gasteiger partial charge in [0.25, 0.3) is 0 Å². The Morgan fingerprint density at radius 3 is 2.47 bits per heavy atom. The number of aliphatic hydroxyl groups is 3. The van der Waals surface area contributed by atoms with E-state index >= 15 is 0 Å². The van der Waals surface area contributed by atoms with Crippen molar-refractivity contribution in [2.24, 2.45) is 5.41 Å². The van der Waals surface area contributed by atoms with Gasteiger partial charge in [-0.05, 0) is 68.0 Å². The standard InChI is InChI=1S/C24H36FNO4/c25-22-9-7-20(8-10-22)6-5-15-30-14-4-2-1-3-13-26-18-24(19-28)12-11-23(29)21(16-24)17-27/h7-12,26-29H,1-6,13-19H2. The number of aliphatic hydroxyl groups excluding tert-OH is 3. The third-order valence-electron chi connectivity index (χ3n) is 5.56. The van der Waals surface area contributed by atoms with Gasteiger partial charge in [-0.2, -0.15) is 0 Å². The number of allylic oxidation sites excluding steroid dienone is 1. The molecular formula is C24H36FNO4. The third kappa shape index (κ3) is 8.56. The van der Waals surface area contributed by atoms with Crippen molar-refractivity contribution in [3.8, 4) is 0 Å². The van der Waals surface area contributed by atoms with Crippen LogP contribution in [0, 0.1) is 11.2 Å². The molecule has 4 N–H and O–H groups in total. The van der Waals surface area contributed by atoms with Crippen LogP contribution in [0.4, 0.5) is 4.39 Å². The molecule has 0 bridgehead atoms. The van der Waals surface area contributed by atoms with E-state index in [1.165, 1.54) is 12.1 Å². The second kappa shape index (κ2) is 13.5. The fraction of sp³-hybridized carbons (Fsp3) is 0.583. The largest absolute Gasteiger partial charge is 0.508 e. The quantitative estimate of drug-likeness (QED) is 0.325. The van der Waals surface area contributed by atoms with Crippen LogP contribution in [0.3, 0.4) is 0 Å². The van der Waals surface area contributed by atoms with Gasteiger partial charge in [0.05, 0.1) is 13.2 Å². The van der Waals surface area contributed by atoms with Crippen molar-refractivity contribution >= 4 is 0 Å². The molecule has 0 fully saturated rings. The van der Waals surface area contributed by atoms with Crippen LogP contribution in [0.15, 0.2) is 47.7 Å². The van der Waals surface area contributed by atoms with Crippen molar-refractivity contribution in [1.82, 2.24) is 5.32 Å². The molecular weight excluding hydrogens is 385 g/mol. The molecule has 30 heavy (non-hydrogen) atoms. The Labute approximate surface area is 179 Å². The van der Waals surface area contributed by atoms with Crippen LogP contribution in [-0.2, 0) is 11.2 Å². The maximum absolute atomic E-state index is 12.8. The summed E-state index contributed by atoms with van der Waals surface area (Å²) in [4.78, 5) is 0. The summed E-state index contributed by atoms with van der Waals surface area (Å²) in [6, 6.07) is 6.63. The van der Waals surface area contributed by atoms with Crippen molar-refractivity contribution in [3.63, 3.8) is 0 Å². The zero-order valence-corrected chi connectivity index (χ0v) is 17.8. The molecule has 1 aliphatic rings. The Balaban J connectivity index is 1.44. The number of halogens is 1. The minimum Gasteiger partial charge on any atom is -0.508 e. The van der Waals surface area contributed by atoms with Gasteiger partial charge in [-0.25, -0.2) is 4.39 Å². The molecule has 0 aromatic heterocycles. The molecule has 1 unspecified atom stereocenters. The van der Waals surface area contributed by atoms with Gasteiger partial charge in [-0.3, -0.25) is 0 Å². The SMILES string of the molecule is OCC1=C(O)C=CC(CO)(CNCCCCCCOCCCc2ccc(F)cc2)C1. The molecule has 1 aromatic rings. The lowest BCUT2D eigenvalue weighted by Crippen LogP contribution is -2.38. The smallest absolute Gasteiger partial charge is 0.123 e. The molecule has 0 aliphatic heterocycles. The number of aryl methyl sites for hydroxylation is 1.